The third-order valence-electron chi connectivity index (χ3n) is 4.53. The Morgan fingerprint density at radius 1 is 1.36 bits per heavy atom. The Hall–Kier alpha value is -1.59. The summed E-state index contributed by atoms with van der Waals surface area (Å²) in [6.45, 7) is 5.75. The first-order chi connectivity index (χ1) is 10.6. The molecule has 1 amide bonds. The molecule has 1 aliphatic rings. The van der Waals surface area contributed by atoms with Gasteiger partial charge >= 0.3 is 0 Å². The quantitative estimate of drug-likeness (QED) is 0.812. The van der Waals surface area contributed by atoms with Crippen LogP contribution in [0.3, 0.4) is 0 Å². The molecule has 22 heavy (non-hydrogen) atoms. The average molecular weight is 306 g/mol. The summed E-state index contributed by atoms with van der Waals surface area (Å²) >= 11 is 0. The van der Waals surface area contributed by atoms with Crippen molar-refractivity contribution in [1.82, 2.24) is 0 Å². The largest absolute Gasteiger partial charge is 0.488 e. The van der Waals surface area contributed by atoms with E-state index in [0.717, 1.165) is 37.3 Å². The minimum Gasteiger partial charge on any atom is -0.488 e. The number of nitrogens with two attached hydrogens (primary N) is 1. The third-order valence-corrected chi connectivity index (χ3v) is 4.53. The zero-order valence-corrected chi connectivity index (χ0v) is 13.4. The number of anilines is 1. The van der Waals surface area contributed by atoms with E-state index in [-0.39, 0.29) is 12.0 Å². The molecule has 1 aliphatic heterocycles. The molecular formula is C17H26N2O3. The van der Waals surface area contributed by atoms with Gasteiger partial charge in [0, 0.05) is 18.7 Å². The highest BCUT2D eigenvalue weighted by Gasteiger charge is 2.33. The molecule has 3 N–H and O–H groups in total. The first-order valence-corrected chi connectivity index (χ1v) is 7.99. The van der Waals surface area contributed by atoms with Crippen LogP contribution < -0.4 is 15.8 Å². The molecule has 5 heteroatoms. The number of nitrogens with one attached hydrogen (secondary N) is 1. The fourth-order valence-corrected chi connectivity index (χ4v) is 2.63. The maximum Gasteiger partial charge on any atom is 0.231 e. The molecule has 0 spiro atoms. The second-order valence-electron chi connectivity index (χ2n) is 5.77. The van der Waals surface area contributed by atoms with E-state index in [1.54, 1.807) is 0 Å². The average Bonchev–Trinajstić information content (AvgIpc) is 3.04. The highest BCUT2D eigenvalue weighted by Crippen LogP contribution is 2.27. The zero-order valence-electron chi connectivity index (χ0n) is 13.4. The summed E-state index contributed by atoms with van der Waals surface area (Å²) in [5, 5.41) is 2.96. The molecule has 5 nitrogen and oxygen atoms in total. The maximum atomic E-state index is 12.5. The van der Waals surface area contributed by atoms with Gasteiger partial charge in [0.1, 0.15) is 11.9 Å². The number of ether oxygens (including phenoxy) is 2. The second-order valence-corrected chi connectivity index (χ2v) is 5.77. The Kier molecular flexibility index (Phi) is 5.80. The number of carbonyl (C=O) groups is 1. The highest BCUT2D eigenvalue weighted by molar-refractivity contribution is 5.95. The fourth-order valence-electron chi connectivity index (χ4n) is 2.63. The van der Waals surface area contributed by atoms with Crippen LogP contribution in [0.4, 0.5) is 5.69 Å². The summed E-state index contributed by atoms with van der Waals surface area (Å²) in [5.74, 6) is 0.780. The SMILES string of the molecule is CCC(CC)(CN)C(=O)Nc1ccc(OC2CCOC2)cc1. The fraction of sp³-hybridized carbons (Fsp3) is 0.588. The molecule has 1 unspecified atom stereocenters. The monoisotopic (exact) mass is 306 g/mol. The summed E-state index contributed by atoms with van der Waals surface area (Å²) < 4.78 is 11.1. The summed E-state index contributed by atoms with van der Waals surface area (Å²) in [6.07, 6.45) is 2.51. The van der Waals surface area contributed by atoms with Crippen LogP contribution in [0, 0.1) is 5.41 Å². The molecule has 1 heterocycles. The number of amides is 1. The van der Waals surface area contributed by atoms with Crippen molar-refractivity contribution in [2.24, 2.45) is 11.1 Å². The lowest BCUT2D eigenvalue weighted by Gasteiger charge is -2.28. The zero-order chi connectivity index (χ0) is 16.0. The summed E-state index contributed by atoms with van der Waals surface area (Å²) in [6, 6.07) is 7.46. The van der Waals surface area contributed by atoms with E-state index < -0.39 is 5.41 Å². The molecular weight excluding hydrogens is 280 g/mol. The lowest BCUT2D eigenvalue weighted by Crippen LogP contribution is -2.41. The van der Waals surface area contributed by atoms with Crippen molar-refractivity contribution in [1.29, 1.82) is 0 Å². The Labute approximate surface area is 132 Å². The van der Waals surface area contributed by atoms with Gasteiger partial charge in [0.25, 0.3) is 0 Å². The van der Waals surface area contributed by atoms with E-state index in [2.05, 4.69) is 5.32 Å². The second kappa shape index (κ2) is 7.61. The molecule has 1 saturated heterocycles. The van der Waals surface area contributed by atoms with Gasteiger partial charge in [0.05, 0.1) is 18.6 Å². The van der Waals surface area contributed by atoms with Crippen LogP contribution in [0.15, 0.2) is 24.3 Å². The van der Waals surface area contributed by atoms with Crippen molar-refractivity contribution in [3.8, 4) is 5.75 Å². The van der Waals surface area contributed by atoms with Gasteiger partial charge in [-0.25, -0.2) is 0 Å². The van der Waals surface area contributed by atoms with Gasteiger partial charge in [-0.2, -0.15) is 0 Å². The Morgan fingerprint density at radius 2 is 2.05 bits per heavy atom. The summed E-state index contributed by atoms with van der Waals surface area (Å²) in [7, 11) is 0. The molecule has 1 fully saturated rings. The summed E-state index contributed by atoms with van der Waals surface area (Å²) in [4.78, 5) is 12.5. The predicted octanol–water partition coefficient (Wildman–Crippen LogP) is 2.56. The van der Waals surface area contributed by atoms with Crippen LogP contribution in [0.5, 0.6) is 5.75 Å². The molecule has 1 atom stereocenters. The first kappa shape index (κ1) is 16.8. The van der Waals surface area contributed by atoms with Crippen molar-refractivity contribution < 1.29 is 14.3 Å². The van der Waals surface area contributed by atoms with Gasteiger partial charge in [0.2, 0.25) is 5.91 Å². The van der Waals surface area contributed by atoms with Crippen LogP contribution in [0.2, 0.25) is 0 Å². The molecule has 2 rings (SSSR count). The molecule has 0 radical (unpaired) electrons. The van der Waals surface area contributed by atoms with Crippen LogP contribution in [-0.2, 0) is 9.53 Å². The van der Waals surface area contributed by atoms with Crippen LogP contribution in [-0.4, -0.2) is 31.8 Å². The topological polar surface area (TPSA) is 73.6 Å². The van der Waals surface area contributed by atoms with Gasteiger partial charge in [-0.15, -0.1) is 0 Å². The predicted molar refractivity (Wildman–Crippen MR) is 87.0 cm³/mol. The van der Waals surface area contributed by atoms with Gasteiger partial charge in [-0.1, -0.05) is 13.8 Å². The van der Waals surface area contributed by atoms with Crippen molar-refractivity contribution in [3.63, 3.8) is 0 Å². The molecule has 0 aromatic heterocycles. The number of benzene rings is 1. The van der Waals surface area contributed by atoms with Crippen LogP contribution in [0.25, 0.3) is 0 Å². The Morgan fingerprint density at radius 3 is 2.55 bits per heavy atom. The van der Waals surface area contributed by atoms with Gasteiger partial charge in [-0.05, 0) is 37.1 Å². The Balaban J connectivity index is 1.96. The third kappa shape index (κ3) is 3.78. The van der Waals surface area contributed by atoms with Crippen LogP contribution in [0.1, 0.15) is 33.1 Å². The lowest BCUT2D eigenvalue weighted by molar-refractivity contribution is -0.125. The maximum absolute atomic E-state index is 12.5. The molecule has 1 aromatic rings. The minimum absolute atomic E-state index is 0.0159. The highest BCUT2D eigenvalue weighted by atomic mass is 16.5. The van der Waals surface area contributed by atoms with Crippen molar-refractivity contribution in [3.05, 3.63) is 24.3 Å². The number of hydrogen-bond donors (Lipinski definition) is 2. The Bertz CT molecular complexity index is 469. The van der Waals surface area contributed by atoms with Crippen molar-refractivity contribution in [2.75, 3.05) is 25.1 Å². The first-order valence-electron chi connectivity index (χ1n) is 7.99. The molecule has 1 aromatic carbocycles. The van der Waals surface area contributed by atoms with Gasteiger partial charge < -0.3 is 20.5 Å². The molecule has 0 bridgehead atoms. The van der Waals surface area contributed by atoms with Crippen molar-refractivity contribution in [2.45, 2.75) is 39.2 Å². The van der Waals surface area contributed by atoms with E-state index in [4.69, 9.17) is 15.2 Å². The van der Waals surface area contributed by atoms with E-state index in [0.29, 0.717) is 13.2 Å². The smallest absolute Gasteiger partial charge is 0.231 e. The van der Waals surface area contributed by atoms with E-state index in [1.807, 2.05) is 38.1 Å². The summed E-state index contributed by atoms with van der Waals surface area (Å²) in [5.41, 5.74) is 6.08. The molecule has 0 saturated carbocycles. The number of hydrogen-bond acceptors (Lipinski definition) is 4. The van der Waals surface area contributed by atoms with E-state index >= 15 is 0 Å². The minimum atomic E-state index is -0.490. The number of rotatable bonds is 7. The van der Waals surface area contributed by atoms with Crippen LogP contribution >= 0.6 is 0 Å². The standard InChI is InChI=1S/C17H26N2O3/c1-3-17(4-2,12-18)16(20)19-13-5-7-14(8-6-13)22-15-9-10-21-11-15/h5-8,15H,3-4,9-12,18H2,1-2H3,(H,19,20). The van der Waals surface area contributed by atoms with E-state index in [9.17, 15) is 4.79 Å². The number of carbonyl (C=O) groups excluding carboxylic acids is 1. The van der Waals surface area contributed by atoms with E-state index in [1.165, 1.54) is 0 Å². The lowest BCUT2D eigenvalue weighted by atomic mass is 9.81. The van der Waals surface area contributed by atoms with Gasteiger partial charge in [0.15, 0.2) is 0 Å². The normalized spacial score (nSPS) is 18.2. The molecule has 0 aliphatic carbocycles. The van der Waals surface area contributed by atoms with Crippen molar-refractivity contribution >= 4 is 11.6 Å². The molecule has 122 valence electrons. The van der Waals surface area contributed by atoms with Gasteiger partial charge in [-0.3, -0.25) is 4.79 Å².